The van der Waals surface area contributed by atoms with Crippen molar-refractivity contribution < 1.29 is 4.43 Å². The highest BCUT2D eigenvalue weighted by Gasteiger charge is 2.35. The van der Waals surface area contributed by atoms with Gasteiger partial charge in [0.05, 0.1) is 0 Å². The van der Waals surface area contributed by atoms with E-state index in [9.17, 15) is 0 Å². The summed E-state index contributed by atoms with van der Waals surface area (Å²) in [6.45, 7) is 5.53. The summed E-state index contributed by atoms with van der Waals surface area (Å²) in [6, 6.07) is 4.21. The van der Waals surface area contributed by atoms with Gasteiger partial charge < -0.3 is 4.43 Å². The molecule has 0 saturated carbocycles. The molecule has 0 spiro atoms. The lowest BCUT2D eigenvalue weighted by Crippen LogP contribution is -2.33. The van der Waals surface area contributed by atoms with Crippen LogP contribution in [0.1, 0.15) is 33.1 Å². The lowest BCUT2D eigenvalue weighted by atomic mass is 10.4. The van der Waals surface area contributed by atoms with Crippen LogP contribution >= 0.6 is 0 Å². The van der Waals surface area contributed by atoms with Crippen LogP contribution in [0.3, 0.4) is 0 Å². The van der Waals surface area contributed by atoms with Gasteiger partial charge >= 0.3 is 0 Å². The Morgan fingerprint density at radius 2 is 1.82 bits per heavy atom. The topological polar surface area (TPSA) is 9.23 Å². The molecule has 1 fully saturated rings. The summed E-state index contributed by atoms with van der Waals surface area (Å²) in [6.07, 6.45) is 4.06. The van der Waals surface area contributed by atoms with Gasteiger partial charge in [-0.25, -0.2) is 0 Å². The molecular weight excluding hydrogens is 152 g/mol. The summed E-state index contributed by atoms with van der Waals surface area (Å²) >= 11 is 0. The Labute approximate surface area is 71.3 Å². The van der Waals surface area contributed by atoms with Crippen molar-refractivity contribution in [1.29, 1.82) is 0 Å². The van der Waals surface area contributed by atoms with E-state index in [0.717, 1.165) is 6.61 Å². The van der Waals surface area contributed by atoms with E-state index in [-0.39, 0.29) is 0 Å². The van der Waals surface area contributed by atoms with Gasteiger partial charge in [0.25, 0.3) is 0 Å². The van der Waals surface area contributed by atoms with E-state index in [1.165, 1.54) is 37.4 Å². The minimum atomic E-state index is -1.13. The van der Waals surface area contributed by atoms with Crippen LogP contribution in [-0.4, -0.2) is 14.9 Å². The Balaban J connectivity index is 2.33. The molecule has 0 N–H and O–H groups in total. The molecule has 11 heavy (non-hydrogen) atoms. The fourth-order valence-electron chi connectivity index (χ4n) is 1.94. The van der Waals surface area contributed by atoms with Gasteiger partial charge in [-0.1, -0.05) is 26.7 Å². The molecule has 0 aliphatic carbocycles. The van der Waals surface area contributed by atoms with Gasteiger partial charge in [-0.3, -0.25) is 0 Å². The average molecular weight is 172 g/mol. The van der Waals surface area contributed by atoms with Crippen LogP contribution in [0.5, 0.6) is 0 Å². The van der Waals surface area contributed by atoms with Crippen LogP contribution in [0, 0.1) is 0 Å². The van der Waals surface area contributed by atoms with Crippen molar-refractivity contribution in [3.05, 3.63) is 0 Å². The number of hydrogen-bond acceptors (Lipinski definition) is 1. The lowest BCUT2D eigenvalue weighted by molar-refractivity contribution is 0.302. The minimum absolute atomic E-state index is 1.01. The van der Waals surface area contributed by atoms with Crippen molar-refractivity contribution in [1.82, 2.24) is 0 Å². The fourth-order valence-corrected chi connectivity index (χ4v) is 5.81. The van der Waals surface area contributed by atoms with Gasteiger partial charge in [-0.2, -0.15) is 0 Å². The highest BCUT2D eigenvalue weighted by Crippen LogP contribution is 2.33. The van der Waals surface area contributed by atoms with E-state index in [1.54, 1.807) is 0 Å². The molecule has 0 unspecified atom stereocenters. The Morgan fingerprint density at radius 3 is 2.27 bits per heavy atom. The van der Waals surface area contributed by atoms with E-state index in [4.69, 9.17) is 4.43 Å². The second kappa shape index (κ2) is 4.26. The first kappa shape index (κ1) is 9.27. The summed E-state index contributed by atoms with van der Waals surface area (Å²) in [4.78, 5) is 0. The zero-order valence-corrected chi connectivity index (χ0v) is 8.86. The molecule has 1 aliphatic heterocycles. The molecule has 0 amide bonds. The average Bonchev–Trinajstić information content (AvgIpc) is 2.50. The Kier molecular flexibility index (Phi) is 3.59. The zero-order valence-electron chi connectivity index (χ0n) is 7.86. The molecule has 2 heteroatoms. The van der Waals surface area contributed by atoms with Crippen molar-refractivity contribution in [2.75, 3.05) is 6.61 Å². The summed E-state index contributed by atoms with van der Waals surface area (Å²) < 4.78 is 6.03. The van der Waals surface area contributed by atoms with Crippen LogP contribution in [0.2, 0.25) is 18.1 Å². The van der Waals surface area contributed by atoms with Crippen LogP contribution in [0.4, 0.5) is 0 Å². The monoisotopic (exact) mass is 172 g/mol. The summed E-state index contributed by atoms with van der Waals surface area (Å²) in [5.74, 6) is 0. The van der Waals surface area contributed by atoms with Crippen LogP contribution in [0.25, 0.3) is 0 Å². The molecular formula is C9H20OSi. The second-order valence-corrected chi connectivity index (χ2v) is 7.95. The predicted octanol–water partition coefficient (Wildman–Crippen LogP) is 3.17. The van der Waals surface area contributed by atoms with Gasteiger partial charge in [0.15, 0.2) is 8.32 Å². The van der Waals surface area contributed by atoms with E-state index >= 15 is 0 Å². The largest absolute Gasteiger partial charge is 0.417 e. The molecule has 1 rings (SSSR count). The molecule has 0 atom stereocenters. The summed E-state index contributed by atoms with van der Waals surface area (Å²) in [7, 11) is -1.13. The third kappa shape index (κ3) is 2.31. The molecule has 1 aliphatic rings. The van der Waals surface area contributed by atoms with Crippen LogP contribution in [0.15, 0.2) is 0 Å². The Morgan fingerprint density at radius 1 is 1.18 bits per heavy atom. The van der Waals surface area contributed by atoms with Crippen molar-refractivity contribution in [2.45, 2.75) is 51.2 Å². The standard InChI is InChI=1S/C9H20OSi/c1-3-7-10-11(4-2)8-5-6-9-11/h3-9H2,1-2H3. The molecule has 0 bridgehead atoms. The summed E-state index contributed by atoms with van der Waals surface area (Å²) in [5.41, 5.74) is 0. The molecule has 0 aromatic rings. The van der Waals surface area contributed by atoms with Crippen molar-refractivity contribution in [3.63, 3.8) is 0 Å². The molecule has 1 heterocycles. The molecule has 1 nitrogen and oxygen atoms in total. The normalized spacial score (nSPS) is 22.4. The van der Waals surface area contributed by atoms with Gasteiger partial charge in [0.1, 0.15) is 0 Å². The SMILES string of the molecule is CCCO[Si]1(CC)CCCC1. The number of rotatable bonds is 4. The van der Waals surface area contributed by atoms with Gasteiger partial charge in [-0.15, -0.1) is 0 Å². The maximum absolute atomic E-state index is 6.03. The Hall–Kier alpha value is 0.177. The third-order valence-corrected chi connectivity index (χ3v) is 7.41. The van der Waals surface area contributed by atoms with Crippen molar-refractivity contribution >= 4 is 8.32 Å². The second-order valence-electron chi connectivity index (χ2n) is 3.59. The number of hydrogen-bond donors (Lipinski definition) is 0. The third-order valence-electron chi connectivity index (χ3n) is 2.77. The highest BCUT2D eigenvalue weighted by molar-refractivity contribution is 6.74. The van der Waals surface area contributed by atoms with Crippen molar-refractivity contribution in [2.24, 2.45) is 0 Å². The van der Waals surface area contributed by atoms with Crippen LogP contribution < -0.4 is 0 Å². The minimum Gasteiger partial charge on any atom is -0.417 e. The first-order chi connectivity index (χ1) is 5.33. The molecule has 0 radical (unpaired) electrons. The van der Waals surface area contributed by atoms with Gasteiger partial charge in [0, 0.05) is 6.61 Å². The maximum Gasteiger partial charge on any atom is 0.192 e. The quantitative estimate of drug-likeness (QED) is 0.592. The van der Waals surface area contributed by atoms with Crippen molar-refractivity contribution in [3.8, 4) is 0 Å². The van der Waals surface area contributed by atoms with E-state index in [2.05, 4.69) is 13.8 Å². The highest BCUT2D eigenvalue weighted by atomic mass is 28.4. The molecule has 1 saturated heterocycles. The lowest BCUT2D eigenvalue weighted by Gasteiger charge is -2.24. The predicted molar refractivity (Wildman–Crippen MR) is 51.3 cm³/mol. The fraction of sp³-hybridized carbons (Fsp3) is 1.00. The first-order valence-corrected chi connectivity index (χ1v) is 7.50. The van der Waals surface area contributed by atoms with Gasteiger partial charge in [0.2, 0.25) is 0 Å². The molecule has 0 aromatic heterocycles. The smallest absolute Gasteiger partial charge is 0.192 e. The first-order valence-electron chi connectivity index (χ1n) is 4.97. The summed E-state index contributed by atoms with van der Waals surface area (Å²) in [5, 5.41) is 0. The Bertz CT molecular complexity index is 108. The van der Waals surface area contributed by atoms with E-state index in [1.807, 2.05) is 0 Å². The molecule has 66 valence electrons. The zero-order chi connectivity index (χ0) is 8.16. The van der Waals surface area contributed by atoms with Gasteiger partial charge in [-0.05, 0) is 24.6 Å². The van der Waals surface area contributed by atoms with Crippen LogP contribution in [-0.2, 0) is 4.43 Å². The molecule has 0 aromatic carbocycles. The van der Waals surface area contributed by atoms with E-state index in [0.29, 0.717) is 0 Å². The van der Waals surface area contributed by atoms with E-state index < -0.39 is 8.32 Å². The maximum atomic E-state index is 6.03.